The van der Waals surface area contributed by atoms with Gasteiger partial charge < -0.3 is 5.11 Å². The van der Waals surface area contributed by atoms with E-state index in [9.17, 15) is 0 Å². The van der Waals surface area contributed by atoms with Crippen LogP contribution in [0.15, 0.2) is 60.7 Å². The fourth-order valence-corrected chi connectivity index (χ4v) is 1.26. The Bertz CT molecular complexity index is 463. The summed E-state index contributed by atoms with van der Waals surface area (Å²) in [6, 6.07) is 21.7. The molecule has 17 heavy (non-hydrogen) atoms. The second kappa shape index (κ2) is 6.81. The lowest BCUT2D eigenvalue weighted by Gasteiger charge is -1.98. The fraction of sp³-hybridized carbons (Fsp3) is 0. The van der Waals surface area contributed by atoms with Crippen LogP contribution in [-0.2, 0) is 4.79 Å². The number of hydrogen-bond acceptors (Lipinski definition) is 2. The lowest BCUT2D eigenvalue weighted by molar-refractivity contribution is -0.130. The number of rotatable bonds is 1. The molecule has 2 aromatic rings. The Labute approximate surface area is 99.6 Å². The monoisotopic (exact) mass is 225 g/mol. The van der Waals surface area contributed by atoms with Gasteiger partial charge in [-0.2, -0.15) is 5.26 Å². The van der Waals surface area contributed by atoms with E-state index in [4.69, 9.17) is 15.2 Å². The van der Waals surface area contributed by atoms with E-state index in [0.29, 0.717) is 0 Å². The second-order valence-corrected chi connectivity index (χ2v) is 3.15. The molecular formula is C14H11NO2. The molecule has 3 heteroatoms. The Hall–Kier alpha value is -2.60. The average molecular weight is 225 g/mol. The van der Waals surface area contributed by atoms with E-state index in [2.05, 4.69) is 48.5 Å². The summed E-state index contributed by atoms with van der Waals surface area (Å²) in [5, 5.41) is 14.7. The van der Waals surface area contributed by atoms with Crippen LogP contribution in [0.1, 0.15) is 0 Å². The molecule has 0 radical (unpaired) electrons. The number of nitrogens with zero attached hydrogens (tertiary/aromatic N) is 1. The van der Waals surface area contributed by atoms with E-state index in [-0.39, 0.29) is 0 Å². The van der Waals surface area contributed by atoms with Crippen LogP contribution in [0, 0.1) is 11.3 Å². The lowest BCUT2D eigenvalue weighted by Crippen LogP contribution is -1.83. The quantitative estimate of drug-likeness (QED) is 0.599. The van der Waals surface area contributed by atoms with E-state index in [1.54, 1.807) is 0 Å². The molecule has 0 heterocycles. The van der Waals surface area contributed by atoms with Crippen molar-refractivity contribution in [3.8, 4) is 17.2 Å². The van der Waals surface area contributed by atoms with Crippen LogP contribution in [0.5, 0.6) is 0 Å². The smallest absolute Gasteiger partial charge is 0.408 e. The zero-order valence-electron chi connectivity index (χ0n) is 9.08. The van der Waals surface area contributed by atoms with Crippen molar-refractivity contribution in [1.82, 2.24) is 0 Å². The molecule has 0 aliphatic carbocycles. The highest BCUT2D eigenvalue weighted by molar-refractivity contribution is 5.83. The van der Waals surface area contributed by atoms with Crippen LogP contribution in [-0.4, -0.2) is 11.1 Å². The van der Waals surface area contributed by atoms with Gasteiger partial charge in [0.1, 0.15) is 0 Å². The van der Waals surface area contributed by atoms with Crippen LogP contribution in [0.4, 0.5) is 0 Å². The SMILES string of the molecule is N#CC(=O)O.c1ccc(-c2ccccc2)cc1. The number of carbonyl (C=O) groups is 1. The highest BCUT2D eigenvalue weighted by Crippen LogP contribution is 2.17. The minimum Gasteiger partial charge on any atom is -0.470 e. The number of benzene rings is 2. The van der Waals surface area contributed by atoms with Crippen molar-refractivity contribution < 1.29 is 9.90 Å². The molecule has 2 rings (SSSR count). The molecule has 2 aromatic carbocycles. The Morgan fingerprint density at radius 2 is 1.18 bits per heavy atom. The van der Waals surface area contributed by atoms with Gasteiger partial charge >= 0.3 is 5.97 Å². The zero-order valence-corrected chi connectivity index (χ0v) is 9.08. The summed E-state index contributed by atoms with van der Waals surface area (Å²) in [5.41, 5.74) is 2.55. The minimum absolute atomic E-state index is 0.944. The van der Waals surface area contributed by atoms with Gasteiger partial charge in [0.15, 0.2) is 6.07 Å². The van der Waals surface area contributed by atoms with Crippen LogP contribution >= 0.6 is 0 Å². The first kappa shape index (κ1) is 12.5. The van der Waals surface area contributed by atoms with Crippen molar-refractivity contribution >= 4 is 5.97 Å². The summed E-state index contributed by atoms with van der Waals surface area (Å²) < 4.78 is 0. The van der Waals surface area contributed by atoms with Crippen molar-refractivity contribution in [3.05, 3.63) is 60.7 Å². The molecule has 84 valence electrons. The number of hydrogen-bond donors (Lipinski definition) is 1. The predicted molar refractivity (Wildman–Crippen MR) is 65.1 cm³/mol. The molecule has 1 N–H and O–H groups in total. The third-order valence-corrected chi connectivity index (χ3v) is 1.98. The maximum absolute atomic E-state index is 9.01. The molecule has 3 nitrogen and oxygen atoms in total. The molecule has 0 unspecified atom stereocenters. The van der Waals surface area contributed by atoms with Crippen molar-refractivity contribution in [2.45, 2.75) is 0 Å². The summed E-state index contributed by atoms with van der Waals surface area (Å²) in [6.07, 6.45) is 0. The van der Waals surface area contributed by atoms with Gasteiger partial charge in [0.05, 0.1) is 0 Å². The van der Waals surface area contributed by atoms with E-state index < -0.39 is 5.97 Å². The Morgan fingerprint density at radius 1 is 0.882 bits per heavy atom. The van der Waals surface area contributed by atoms with Gasteiger partial charge in [0.2, 0.25) is 0 Å². The Balaban J connectivity index is 0.000000249. The van der Waals surface area contributed by atoms with Gasteiger partial charge in [-0.3, -0.25) is 0 Å². The highest BCUT2D eigenvalue weighted by Gasteiger charge is 1.91. The first-order chi connectivity index (χ1) is 8.24. The number of carboxylic acid groups (broad SMARTS) is 1. The normalized spacial score (nSPS) is 8.41. The third-order valence-electron chi connectivity index (χ3n) is 1.98. The van der Waals surface area contributed by atoms with Crippen molar-refractivity contribution in [2.75, 3.05) is 0 Å². The lowest BCUT2D eigenvalue weighted by atomic mass is 10.1. The summed E-state index contributed by atoms with van der Waals surface area (Å²) in [5.74, 6) is -1.44. The van der Waals surface area contributed by atoms with Gasteiger partial charge in [-0.25, -0.2) is 4.79 Å². The largest absolute Gasteiger partial charge is 0.470 e. The molecule has 0 fully saturated rings. The molecule has 0 aliphatic rings. The molecule has 0 bridgehead atoms. The predicted octanol–water partition coefficient (Wildman–Crippen LogP) is 2.95. The van der Waals surface area contributed by atoms with E-state index in [1.807, 2.05) is 12.1 Å². The molecule has 0 saturated carbocycles. The summed E-state index contributed by atoms with van der Waals surface area (Å²) in [4.78, 5) is 9.01. The van der Waals surface area contributed by atoms with E-state index >= 15 is 0 Å². The number of carboxylic acids is 1. The summed E-state index contributed by atoms with van der Waals surface area (Å²) in [7, 11) is 0. The second-order valence-electron chi connectivity index (χ2n) is 3.15. The maximum Gasteiger partial charge on any atom is 0.408 e. The van der Waals surface area contributed by atoms with E-state index in [0.717, 1.165) is 6.07 Å². The van der Waals surface area contributed by atoms with Crippen molar-refractivity contribution in [3.63, 3.8) is 0 Å². The van der Waals surface area contributed by atoms with Crippen LogP contribution in [0.25, 0.3) is 11.1 Å². The zero-order chi connectivity index (χ0) is 12.5. The molecule has 0 aromatic heterocycles. The third kappa shape index (κ3) is 4.63. The average Bonchev–Trinajstić information content (AvgIpc) is 2.41. The molecule has 0 atom stereocenters. The molecular weight excluding hydrogens is 214 g/mol. The Kier molecular flexibility index (Phi) is 4.99. The first-order valence-corrected chi connectivity index (χ1v) is 4.97. The van der Waals surface area contributed by atoms with Gasteiger partial charge in [-0.15, -0.1) is 0 Å². The summed E-state index contributed by atoms with van der Waals surface area (Å²) >= 11 is 0. The standard InChI is InChI=1S/C12H10.C2HNO2/c1-3-7-11(8-4-1)12-9-5-2-6-10-12;3-1-2(4)5/h1-10H;(H,4,5). The fourth-order valence-electron chi connectivity index (χ4n) is 1.26. The van der Waals surface area contributed by atoms with E-state index in [1.165, 1.54) is 11.1 Å². The maximum atomic E-state index is 9.01. The van der Waals surface area contributed by atoms with Gasteiger partial charge in [-0.05, 0) is 11.1 Å². The topological polar surface area (TPSA) is 61.1 Å². The molecule has 0 saturated heterocycles. The highest BCUT2D eigenvalue weighted by atomic mass is 16.4. The van der Waals surface area contributed by atoms with Gasteiger partial charge in [-0.1, -0.05) is 60.7 Å². The van der Waals surface area contributed by atoms with Crippen LogP contribution < -0.4 is 0 Å². The van der Waals surface area contributed by atoms with Crippen LogP contribution in [0.2, 0.25) is 0 Å². The molecule has 0 spiro atoms. The summed E-state index contributed by atoms with van der Waals surface area (Å²) in [6.45, 7) is 0. The van der Waals surface area contributed by atoms with Crippen molar-refractivity contribution in [1.29, 1.82) is 5.26 Å². The van der Waals surface area contributed by atoms with Crippen LogP contribution in [0.3, 0.4) is 0 Å². The van der Waals surface area contributed by atoms with Gasteiger partial charge in [0.25, 0.3) is 0 Å². The first-order valence-electron chi connectivity index (χ1n) is 4.97. The minimum atomic E-state index is -1.44. The molecule has 0 amide bonds. The molecule has 0 aliphatic heterocycles. The van der Waals surface area contributed by atoms with Crippen molar-refractivity contribution in [2.24, 2.45) is 0 Å². The number of nitriles is 1. The van der Waals surface area contributed by atoms with Gasteiger partial charge in [0, 0.05) is 0 Å². The Morgan fingerprint density at radius 3 is 1.41 bits per heavy atom. The number of aliphatic carboxylic acids is 1.